The zero-order valence-corrected chi connectivity index (χ0v) is 13.6. The van der Waals surface area contributed by atoms with Crippen LogP contribution in [0.2, 0.25) is 0 Å². The molecule has 1 unspecified atom stereocenters. The van der Waals surface area contributed by atoms with Crippen molar-refractivity contribution in [2.75, 3.05) is 11.1 Å². The van der Waals surface area contributed by atoms with Crippen LogP contribution < -0.4 is 16.2 Å². The largest absolute Gasteiger partial charge is 0.399 e. The van der Waals surface area contributed by atoms with E-state index in [0.29, 0.717) is 16.9 Å². The van der Waals surface area contributed by atoms with E-state index in [9.17, 15) is 8.42 Å². The highest BCUT2D eigenvalue weighted by Crippen LogP contribution is 2.31. The molecule has 5 N–H and O–H groups in total. The number of hydrogen-bond acceptors (Lipinski definition) is 5. The van der Waals surface area contributed by atoms with Crippen molar-refractivity contribution in [1.29, 1.82) is 0 Å². The highest BCUT2D eigenvalue weighted by atomic mass is 32.2. The van der Waals surface area contributed by atoms with Gasteiger partial charge in [-0.3, -0.25) is 0 Å². The second-order valence-corrected chi connectivity index (χ2v) is 7.37. The summed E-state index contributed by atoms with van der Waals surface area (Å²) in [6.07, 6.45) is 0.874. The van der Waals surface area contributed by atoms with Crippen LogP contribution in [0.4, 0.5) is 11.4 Å². The lowest BCUT2D eigenvalue weighted by Crippen LogP contribution is -2.16. The van der Waals surface area contributed by atoms with E-state index in [2.05, 4.69) is 12.2 Å². The van der Waals surface area contributed by atoms with Gasteiger partial charge in [-0.1, -0.05) is 13.0 Å². The summed E-state index contributed by atoms with van der Waals surface area (Å²) in [7, 11) is -3.79. The number of nitrogens with two attached hydrogens (primary N) is 2. The monoisotopic (exact) mass is 325 g/mol. The van der Waals surface area contributed by atoms with Crippen LogP contribution in [0.15, 0.2) is 34.5 Å². The Kier molecular flexibility index (Phi) is 4.55. The Morgan fingerprint density at radius 3 is 2.62 bits per heavy atom. The lowest BCUT2D eigenvalue weighted by molar-refractivity contribution is 0.597. The first-order chi connectivity index (χ1) is 9.82. The van der Waals surface area contributed by atoms with Gasteiger partial charge in [0.25, 0.3) is 0 Å². The molecule has 5 nitrogen and oxygen atoms in total. The van der Waals surface area contributed by atoms with Crippen molar-refractivity contribution in [1.82, 2.24) is 0 Å². The summed E-state index contributed by atoms with van der Waals surface area (Å²) < 4.78 is 23.3. The molecule has 1 aromatic carbocycles. The van der Waals surface area contributed by atoms with Crippen LogP contribution in [0.1, 0.15) is 29.8 Å². The Labute approximate surface area is 129 Å². The number of nitrogen functional groups attached to an aromatic ring is 1. The van der Waals surface area contributed by atoms with E-state index in [1.807, 2.05) is 17.5 Å². The van der Waals surface area contributed by atoms with Gasteiger partial charge in [-0.25, -0.2) is 13.6 Å². The first-order valence-electron chi connectivity index (χ1n) is 6.55. The average Bonchev–Trinajstić information content (AvgIpc) is 2.91. The molecule has 0 saturated heterocycles. The molecule has 1 heterocycles. The summed E-state index contributed by atoms with van der Waals surface area (Å²) in [6, 6.07) is 7.28. The van der Waals surface area contributed by atoms with Crippen molar-refractivity contribution in [3.8, 4) is 0 Å². The second-order valence-electron chi connectivity index (χ2n) is 4.86. The third-order valence-electron chi connectivity index (χ3n) is 3.31. The van der Waals surface area contributed by atoms with Gasteiger partial charge >= 0.3 is 0 Å². The molecule has 1 atom stereocenters. The smallest absolute Gasteiger partial charge is 0.238 e. The minimum Gasteiger partial charge on any atom is -0.399 e. The Hall–Kier alpha value is -1.57. The second kappa shape index (κ2) is 6.05. The lowest BCUT2D eigenvalue weighted by atomic mass is 10.1. The van der Waals surface area contributed by atoms with Gasteiger partial charge < -0.3 is 11.1 Å². The molecular formula is C14H19N3O2S2. The van der Waals surface area contributed by atoms with Gasteiger partial charge in [-0.2, -0.15) is 0 Å². The lowest BCUT2D eigenvalue weighted by Gasteiger charge is -2.20. The highest BCUT2D eigenvalue weighted by molar-refractivity contribution is 7.89. The molecule has 0 fully saturated rings. The molecule has 0 aliphatic heterocycles. The van der Waals surface area contributed by atoms with Crippen LogP contribution in [-0.2, 0) is 10.0 Å². The summed E-state index contributed by atoms with van der Waals surface area (Å²) >= 11 is 1.66. The van der Waals surface area contributed by atoms with Crippen LogP contribution >= 0.6 is 11.3 Å². The Bertz CT molecular complexity index is 725. The number of rotatable bonds is 5. The maximum atomic E-state index is 11.6. The Morgan fingerprint density at radius 2 is 2.10 bits per heavy atom. The van der Waals surface area contributed by atoms with Crippen LogP contribution in [0.3, 0.4) is 0 Å². The molecule has 0 radical (unpaired) electrons. The molecule has 1 aromatic heterocycles. The van der Waals surface area contributed by atoms with E-state index < -0.39 is 10.0 Å². The van der Waals surface area contributed by atoms with Crippen molar-refractivity contribution < 1.29 is 8.42 Å². The van der Waals surface area contributed by atoms with Crippen molar-refractivity contribution in [3.63, 3.8) is 0 Å². The van der Waals surface area contributed by atoms with Crippen LogP contribution in [-0.4, -0.2) is 8.42 Å². The molecular weight excluding hydrogens is 306 g/mol. The van der Waals surface area contributed by atoms with E-state index in [4.69, 9.17) is 10.9 Å². The zero-order valence-electron chi connectivity index (χ0n) is 12.0. The summed E-state index contributed by atoms with van der Waals surface area (Å²) in [5.41, 5.74) is 7.45. The van der Waals surface area contributed by atoms with Crippen molar-refractivity contribution in [3.05, 3.63) is 40.1 Å². The summed E-state index contributed by atoms with van der Waals surface area (Å²) in [5, 5.41) is 10.6. The van der Waals surface area contributed by atoms with Gasteiger partial charge in [-0.05, 0) is 42.5 Å². The van der Waals surface area contributed by atoms with Crippen LogP contribution in [0, 0.1) is 6.92 Å². The maximum Gasteiger partial charge on any atom is 0.238 e. The van der Waals surface area contributed by atoms with E-state index >= 15 is 0 Å². The molecule has 2 rings (SSSR count). The van der Waals surface area contributed by atoms with Crippen molar-refractivity contribution in [2.24, 2.45) is 5.14 Å². The van der Waals surface area contributed by atoms with Crippen molar-refractivity contribution >= 4 is 32.7 Å². The molecule has 0 aliphatic carbocycles. The number of thiophene rings is 1. The number of nitrogens with one attached hydrogen (secondary N) is 1. The molecule has 0 bridgehead atoms. The van der Waals surface area contributed by atoms with Gasteiger partial charge in [0, 0.05) is 16.3 Å². The fourth-order valence-electron chi connectivity index (χ4n) is 2.21. The van der Waals surface area contributed by atoms with E-state index in [0.717, 1.165) is 6.42 Å². The Balaban J connectivity index is 2.43. The van der Waals surface area contributed by atoms with Crippen LogP contribution in [0.5, 0.6) is 0 Å². The minimum atomic E-state index is -3.79. The fourth-order valence-corrected chi connectivity index (χ4v) is 3.90. The summed E-state index contributed by atoms with van der Waals surface area (Å²) in [4.78, 5) is 1.25. The quantitative estimate of drug-likeness (QED) is 0.736. The number of hydrogen-bond donors (Lipinski definition) is 3. The summed E-state index contributed by atoms with van der Waals surface area (Å²) in [5.74, 6) is 0. The maximum absolute atomic E-state index is 11.6. The van der Waals surface area contributed by atoms with E-state index in [1.54, 1.807) is 24.3 Å². The van der Waals surface area contributed by atoms with Crippen LogP contribution in [0.25, 0.3) is 0 Å². The topological polar surface area (TPSA) is 98.2 Å². The van der Waals surface area contributed by atoms with Gasteiger partial charge in [0.15, 0.2) is 0 Å². The average molecular weight is 325 g/mol. The predicted molar refractivity (Wildman–Crippen MR) is 87.9 cm³/mol. The SMILES string of the molecule is CCC(Nc1cc(N)cc(S(N)(=O)=O)c1C)c1cccs1. The molecule has 0 aliphatic rings. The van der Waals surface area contributed by atoms with E-state index in [-0.39, 0.29) is 10.9 Å². The van der Waals surface area contributed by atoms with Gasteiger partial charge in [-0.15, -0.1) is 11.3 Å². The third kappa shape index (κ3) is 3.55. The zero-order chi connectivity index (χ0) is 15.6. The fraction of sp³-hybridized carbons (Fsp3) is 0.286. The highest BCUT2D eigenvalue weighted by Gasteiger charge is 2.18. The number of sulfonamides is 1. The molecule has 7 heteroatoms. The number of benzene rings is 1. The van der Waals surface area contributed by atoms with E-state index in [1.165, 1.54) is 10.9 Å². The van der Waals surface area contributed by atoms with Gasteiger partial charge in [0.1, 0.15) is 0 Å². The van der Waals surface area contributed by atoms with Gasteiger partial charge in [0.2, 0.25) is 10.0 Å². The minimum absolute atomic E-state index is 0.0611. The number of primary sulfonamides is 1. The Morgan fingerprint density at radius 1 is 1.38 bits per heavy atom. The first kappa shape index (κ1) is 15.8. The first-order valence-corrected chi connectivity index (χ1v) is 8.98. The summed E-state index contributed by atoms with van der Waals surface area (Å²) in [6.45, 7) is 3.79. The number of anilines is 2. The molecule has 2 aromatic rings. The molecule has 21 heavy (non-hydrogen) atoms. The third-order valence-corrected chi connectivity index (χ3v) is 5.34. The standard InChI is InChI=1S/C14H19N3O2S2/c1-3-11(13-5-4-6-20-13)17-12-7-10(15)8-14(9(12)2)21(16,18)19/h4-8,11,17H,3,15H2,1-2H3,(H2,16,18,19). The van der Waals surface area contributed by atoms with Crippen molar-refractivity contribution in [2.45, 2.75) is 31.2 Å². The molecule has 0 spiro atoms. The molecule has 114 valence electrons. The predicted octanol–water partition coefficient (Wildman–Crippen LogP) is 2.85. The molecule has 0 amide bonds. The van der Waals surface area contributed by atoms with Gasteiger partial charge in [0.05, 0.1) is 10.9 Å². The normalized spacial score (nSPS) is 13.1. The molecule has 0 saturated carbocycles.